The average Bonchev–Trinajstić information content (AvgIpc) is 2.79. The van der Waals surface area contributed by atoms with Crippen molar-refractivity contribution in [1.29, 1.82) is 0 Å². The van der Waals surface area contributed by atoms with Crippen LogP contribution in [-0.4, -0.2) is 47.0 Å². The second-order valence-corrected chi connectivity index (χ2v) is 6.94. The van der Waals surface area contributed by atoms with Gasteiger partial charge in [-0.2, -0.15) is 4.37 Å². The molecule has 0 saturated carbocycles. The van der Waals surface area contributed by atoms with Gasteiger partial charge in [-0.3, -0.25) is 0 Å². The number of nitrogens with zero attached hydrogens (tertiary/aromatic N) is 4. The summed E-state index contributed by atoms with van der Waals surface area (Å²) in [6.07, 6.45) is 3.41. The first-order valence-electron chi connectivity index (χ1n) is 7.23. The van der Waals surface area contributed by atoms with E-state index in [-0.39, 0.29) is 0 Å². The molecule has 1 aromatic rings. The summed E-state index contributed by atoms with van der Waals surface area (Å²) in [6.45, 7) is 7.91. The Balaban J connectivity index is 1.99. The molecular weight excluding hydrogens is 256 g/mol. The van der Waals surface area contributed by atoms with E-state index in [0.717, 1.165) is 17.4 Å². The molecule has 1 aromatic heterocycles. The van der Waals surface area contributed by atoms with E-state index >= 15 is 0 Å². The Kier molecular flexibility index (Phi) is 4.79. The normalized spacial score (nSPS) is 24.9. The Labute approximate surface area is 121 Å². The van der Waals surface area contributed by atoms with E-state index in [0.29, 0.717) is 18.0 Å². The van der Waals surface area contributed by atoms with Crippen molar-refractivity contribution in [2.75, 3.05) is 25.5 Å². The van der Waals surface area contributed by atoms with E-state index in [1.54, 1.807) is 11.5 Å². The van der Waals surface area contributed by atoms with Gasteiger partial charge in [-0.05, 0) is 32.7 Å². The summed E-state index contributed by atoms with van der Waals surface area (Å²) < 4.78 is 4.48. The summed E-state index contributed by atoms with van der Waals surface area (Å²) in [5.74, 6) is 1.62. The lowest BCUT2D eigenvalue weighted by Crippen LogP contribution is -2.46. The molecule has 0 aliphatic carbocycles. The quantitative estimate of drug-likeness (QED) is 0.850. The van der Waals surface area contributed by atoms with E-state index in [4.69, 9.17) is 0 Å². The molecule has 5 heteroatoms. The lowest BCUT2D eigenvalue weighted by atomic mass is 9.98. The zero-order chi connectivity index (χ0) is 14.0. The smallest absolute Gasteiger partial charge is 0.205 e. The number of anilines is 1. The van der Waals surface area contributed by atoms with Gasteiger partial charge in [0.05, 0.1) is 0 Å². The van der Waals surface area contributed by atoms with Crippen LogP contribution in [0.4, 0.5) is 5.13 Å². The van der Waals surface area contributed by atoms with Gasteiger partial charge in [-0.15, -0.1) is 0 Å². The highest BCUT2D eigenvalue weighted by atomic mass is 32.1. The number of likely N-dealkylation sites (tertiary alicyclic amines) is 1. The molecule has 0 amide bonds. The fourth-order valence-electron chi connectivity index (χ4n) is 2.61. The summed E-state index contributed by atoms with van der Waals surface area (Å²) >= 11 is 1.55. The van der Waals surface area contributed by atoms with Gasteiger partial charge in [0.1, 0.15) is 5.82 Å². The summed E-state index contributed by atoms with van der Waals surface area (Å²) in [5, 5.41) is 1.08. The molecule has 0 bridgehead atoms. The standard InChI is InChI=1S/C14H26N4S/c1-10(2)8-13-15-14(19-16-13)18(5)12-6-7-17(4)11(3)9-12/h10-12H,6-9H2,1-5H3. The topological polar surface area (TPSA) is 32.3 Å². The summed E-state index contributed by atoms with van der Waals surface area (Å²) in [5.41, 5.74) is 0. The van der Waals surface area contributed by atoms with Crippen molar-refractivity contribution in [1.82, 2.24) is 14.3 Å². The van der Waals surface area contributed by atoms with Crippen molar-refractivity contribution in [3.8, 4) is 0 Å². The van der Waals surface area contributed by atoms with Crippen molar-refractivity contribution >= 4 is 16.7 Å². The molecule has 2 rings (SSSR count). The van der Waals surface area contributed by atoms with Crippen LogP contribution in [0.3, 0.4) is 0 Å². The molecule has 1 fully saturated rings. The lowest BCUT2D eigenvalue weighted by molar-refractivity contribution is 0.181. The van der Waals surface area contributed by atoms with Crippen LogP contribution in [0.5, 0.6) is 0 Å². The van der Waals surface area contributed by atoms with Gasteiger partial charge in [-0.25, -0.2) is 4.98 Å². The van der Waals surface area contributed by atoms with Gasteiger partial charge in [0.15, 0.2) is 0 Å². The third-order valence-electron chi connectivity index (χ3n) is 4.08. The Bertz CT molecular complexity index is 404. The highest BCUT2D eigenvalue weighted by molar-refractivity contribution is 7.09. The molecule has 0 aromatic carbocycles. The first-order chi connectivity index (χ1) is 8.97. The number of hydrogen-bond donors (Lipinski definition) is 0. The van der Waals surface area contributed by atoms with E-state index in [1.165, 1.54) is 19.4 Å². The highest BCUT2D eigenvalue weighted by Gasteiger charge is 2.27. The molecule has 4 nitrogen and oxygen atoms in total. The molecule has 0 spiro atoms. The molecule has 1 aliphatic rings. The van der Waals surface area contributed by atoms with Crippen LogP contribution >= 0.6 is 11.5 Å². The first kappa shape index (κ1) is 14.7. The molecule has 19 heavy (non-hydrogen) atoms. The molecular formula is C14H26N4S. The number of hydrogen-bond acceptors (Lipinski definition) is 5. The summed E-state index contributed by atoms with van der Waals surface area (Å²) in [4.78, 5) is 9.47. The van der Waals surface area contributed by atoms with Gasteiger partial charge in [-0.1, -0.05) is 13.8 Å². The van der Waals surface area contributed by atoms with Crippen LogP contribution in [0, 0.1) is 5.92 Å². The number of piperidine rings is 1. The minimum Gasteiger partial charge on any atom is -0.347 e. The molecule has 108 valence electrons. The van der Waals surface area contributed by atoms with E-state index in [2.05, 4.69) is 54.0 Å². The fraction of sp³-hybridized carbons (Fsp3) is 0.857. The minimum atomic E-state index is 0.603. The maximum absolute atomic E-state index is 4.69. The summed E-state index contributed by atoms with van der Waals surface area (Å²) in [6, 6.07) is 1.26. The van der Waals surface area contributed by atoms with Crippen LogP contribution in [0.1, 0.15) is 39.4 Å². The van der Waals surface area contributed by atoms with Gasteiger partial charge >= 0.3 is 0 Å². The zero-order valence-electron chi connectivity index (χ0n) is 12.8. The Morgan fingerprint density at radius 3 is 2.84 bits per heavy atom. The van der Waals surface area contributed by atoms with Crippen LogP contribution in [0.15, 0.2) is 0 Å². The summed E-state index contributed by atoms with van der Waals surface area (Å²) in [7, 11) is 4.38. The molecule has 1 aliphatic heterocycles. The molecule has 2 unspecified atom stereocenters. The molecule has 2 heterocycles. The maximum Gasteiger partial charge on any atom is 0.205 e. The van der Waals surface area contributed by atoms with Gasteiger partial charge in [0, 0.05) is 43.6 Å². The van der Waals surface area contributed by atoms with Crippen LogP contribution < -0.4 is 4.90 Å². The third-order valence-corrected chi connectivity index (χ3v) is 4.92. The number of rotatable bonds is 4. The Hall–Kier alpha value is -0.680. The van der Waals surface area contributed by atoms with E-state index in [9.17, 15) is 0 Å². The fourth-order valence-corrected chi connectivity index (χ4v) is 3.34. The van der Waals surface area contributed by atoms with E-state index < -0.39 is 0 Å². The van der Waals surface area contributed by atoms with Gasteiger partial charge in [0.2, 0.25) is 5.13 Å². The van der Waals surface area contributed by atoms with Gasteiger partial charge in [0.25, 0.3) is 0 Å². The van der Waals surface area contributed by atoms with E-state index in [1.807, 2.05) is 0 Å². The highest BCUT2D eigenvalue weighted by Crippen LogP contribution is 2.26. The van der Waals surface area contributed by atoms with Gasteiger partial charge < -0.3 is 9.80 Å². The molecule has 1 saturated heterocycles. The van der Waals surface area contributed by atoms with Crippen LogP contribution in [0.25, 0.3) is 0 Å². The molecule has 0 N–H and O–H groups in total. The second-order valence-electron chi connectivity index (χ2n) is 6.21. The third kappa shape index (κ3) is 3.66. The molecule has 0 radical (unpaired) electrons. The van der Waals surface area contributed by atoms with Crippen LogP contribution in [0.2, 0.25) is 0 Å². The van der Waals surface area contributed by atoms with Crippen LogP contribution in [-0.2, 0) is 6.42 Å². The minimum absolute atomic E-state index is 0.603. The van der Waals surface area contributed by atoms with Crippen molar-refractivity contribution in [3.05, 3.63) is 5.82 Å². The Morgan fingerprint density at radius 2 is 2.21 bits per heavy atom. The maximum atomic E-state index is 4.69. The second kappa shape index (κ2) is 6.18. The zero-order valence-corrected chi connectivity index (χ0v) is 13.6. The molecule has 2 atom stereocenters. The predicted molar refractivity (Wildman–Crippen MR) is 82.0 cm³/mol. The van der Waals surface area contributed by atoms with Crippen molar-refractivity contribution in [2.24, 2.45) is 5.92 Å². The Morgan fingerprint density at radius 1 is 1.47 bits per heavy atom. The van der Waals surface area contributed by atoms with Crippen molar-refractivity contribution in [2.45, 2.75) is 52.1 Å². The van der Waals surface area contributed by atoms with Crippen molar-refractivity contribution in [3.63, 3.8) is 0 Å². The average molecular weight is 282 g/mol. The lowest BCUT2D eigenvalue weighted by Gasteiger charge is -2.39. The number of aromatic nitrogens is 2. The monoisotopic (exact) mass is 282 g/mol. The van der Waals surface area contributed by atoms with Crippen molar-refractivity contribution < 1.29 is 0 Å². The largest absolute Gasteiger partial charge is 0.347 e. The predicted octanol–water partition coefficient (Wildman–Crippen LogP) is 2.66. The first-order valence-corrected chi connectivity index (χ1v) is 8.00. The SMILES string of the molecule is CC(C)Cc1nsc(N(C)C2CCN(C)C(C)C2)n1.